The normalized spacial score (nSPS) is 9.74. The average molecular weight is 255 g/mol. The number of rotatable bonds is 4. The quantitative estimate of drug-likeness (QED) is 0.618. The zero-order chi connectivity index (χ0) is 13.3. The Morgan fingerprint density at radius 2 is 1.95 bits per heavy atom. The number of aromatic nitrogens is 1. The van der Waals surface area contributed by atoms with Gasteiger partial charge < -0.3 is 4.74 Å². The lowest BCUT2D eigenvalue weighted by molar-refractivity contribution is 0.126. The molecule has 2 aromatic rings. The fraction of sp³-hybridized carbons (Fsp3) is 0.188. The first-order valence-electron chi connectivity index (χ1n) is 6.07. The summed E-state index contributed by atoms with van der Waals surface area (Å²) in [6.07, 6.45) is 1.79. The maximum atomic E-state index is 12.6. The van der Waals surface area contributed by atoms with E-state index in [9.17, 15) is 4.39 Å². The molecule has 0 N–H and O–H groups in total. The Labute approximate surface area is 112 Å². The van der Waals surface area contributed by atoms with Crippen molar-refractivity contribution >= 4 is 0 Å². The third kappa shape index (κ3) is 4.90. The van der Waals surface area contributed by atoms with Crippen LogP contribution < -0.4 is 0 Å². The monoisotopic (exact) mass is 255 g/mol. The highest BCUT2D eigenvalue weighted by Gasteiger charge is 1.91. The molecule has 0 unspecified atom stereocenters. The van der Waals surface area contributed by atoms with E-state index in [0.717, 1.165) is 11.8 Å². The van der Waals surface area contributed by atoms with Crippen molar-refractivity contribution in [3.63, 3.8) is 0 Å². The summed E-state index contributed by atoms with van der Waals surface area (Å²) in [7, 11) is 0. The molecule has 1 aromatic carbocycles. The molecule has 2 rings (SSSR count). The molecule has 0 spiro atoms. The third-order valence-electron chi connectivity index (χ3n) is 2.43. The number of hydrogen-bond acceptors (Lipinski definition) is 2. The molecule has 0 fully saturated rings. The van der Waals surface area contributed by atoms with Gasteiger partial charge in [-0.15, -0.1) is 0 Å². The predicted octanol–water partition coefficient (Wildman–Crippen LogP) is 3.18. The Hall–Kier alpha value is -2.18. The van der Waals surface area contributed by atoms with E-state index in [-0.39, 0.29) is 5.82 Å². The van der Waals surface area contributed by atoms with Crippen LogP contribution in [0.3, 0.4) is 0 Å². The Bertz CT molecular complexity index is 555. The maximum Gasteiger partial charge on any atom is 0.141 e. The molecule has 0 atom stereocenters. The van der Waals surface area contributed by atoms with Crippen LogP contribution in [0, 0.1) is 17.7 Å². The van der Waals surface area contributed by atoms with Crippen molar-refractivity contribution in [2.75, 3.05) is 6.61 Å². The van der Waals surface area contributed by atoms with Crippen molar-refractivity contribution in [3.05, 3.63) is 65.7 Å². The lowest BCUT2D eigenvalue weighted by Crippen LogP contribution is -1.94. The molecule has 1 heterocycles. The SMILES string of the molecule is Fc1ccc(C#CCCOCc2ccccc2)nc1. The number of nitrogens with zero attached hydrogens (tertiary/aromatic N) is 1. The lowest BCUT2D eigenvalue weighted by atomic mass is 10.2. The molecule has 1 aromatic heterocycles. The fourth-order valence-corrected chi connectivity index (χ4v) is 1.49. The van der Waals surface area contributed by atoms with Crippen molar-refractivity contribution in [2.24, 2.45) is 0 Å². The van der Waals surface area contributed by atoms with Gasteiger partial charge in [-0.3, -0.25) is 0 Å². The third-order valence-corrected chi connectivity index (χ3v) is 2.43. The molecule has 0 saturated carbocycles. The van der Waals surface area contributed by atoms with Crippen molar-refractivity contribution in [2.45, 2.75) is 13.0 Å². The summed E-state index contributed by atoms with van der Waals surface area (Å²) in [6.45, 7) is 1.17. The van der Waals surface area contributed by atoms with E-state index in [1.54, 1.807) is 6.07 Å². The van der Waals surface area contributed by atoms with Gasteiger partial charge in [-0.1, -0.05) is 36.3 Å². The number of benzene rings is 1. The minimum absolute atomic E-state index is 0.350. The van der Waals surface area contributed by atoms with Crippen LogP contribution in [0.25, 0.3) is 0 Å². The zero-order valence-electron chi connectivity index (χ0n) is 10.5. The van der Waals surface area contributed by atoms with Gasteiger partial charge in [-0.25, -0.2) is 9.37 Å². The van der Waals surface area contributed by atoms with E-state index in [0.29, 0.717) is 25.3 Å². The minimum atomic E-state index is -0.350. The van der Waals surface area contributed by atoms with E-state index in [2.05, 4.69) is 16.8 Å². The maximum absolute atomic E-state index is 12.6. The highest BCUT2D eigenvalue weighted by Crippen LogP contribution is 2.00. The van der Waals surface area contributed by atoms with Gasteiger partial charge in [-0.2, -0.15) is 0 Å². The van der Waals surface area contributed by atoms with E-state index >= 15 is 0 Å². The molecular formula is C16H14FNO. The summed E-state index contributed by atoms with van der Waals surface area (Å²) in [4.78, 5) is 3.85. The molecule has 3 heteroatoms. The van der Waals surface area contributed by atoms with Crippen molar-refractivity contribution < 1.29 is 9.13 Å². The molecule has 0 bridgehead atoms. The van der Waals surface area contributed by atoms with Crippen LogP contribution in [0.15, 0.2) is 48.7 Å². The van der Waals surface area contributed by atoms with Crippen LogP contribution in [0.2, 0.25) is 0 Å². The number of hydrogen-bond donors (Lipinski definition) is 0. The Balaban J connectivity index is 1.69. The first kappa shape index (κ1) is 13.3. The van der Waals surface area contributed by atoms with Gasteiger partial charge in [0.1, 0.15) is 11.5 Å². The zero-order valence-corrected chi connectivity index (χ0v) is 10.5. The molecular weight excluding hydrogens is 241 g/mol. The van der Waals surface area contributed by atoms with Crippen LogP contribution in [0.1, 0.15) is 17.7 Å². The fourth-order valence-electron chi connectivity index (χ4n) is 1.49. The molecule has 0 aliphatic carbocycles. The summed E-state index contributed by atoms with van der Waals surface area (Å²) >= 11 is 0. The van der Waals surface area contributed by atoms with Crippen molar-refractivity contribution in [1.29, 1.82) is 0 Å². The van der Waals surface area contributed by atoms with Gasteiger partial charge in [-0.05, 0) is 23.6 Å². The summed E-state index contributed by atoms with van der Waals surface area (Å²) in [5, 5.41) is 0. The summed E-state index contributed by atoms with van der Waals surface area (Å²) in [6, 6.07) is 12.9. The summed E-state index contributed by atoms with van der Waals surface area (Å²) < 4.78 is 18.1. The molecule has 0 amide bonds. The summed E-state index contributed by atoms with van der Waals surface area (Å²) in [5.74, 6) is 5.46. The van der Waals surface area contributed by atoms with Gasteiger partial charge in [0.25, 0.3) is 0 Å². The second kappa shape index (κ2) is 7.30. The van der Waals surface area contributed by atoms with Gasteiger partial charge in [0.15, 0.2) is 0 Å². The second-order valence-corrected chi connectivity index (χ2v) is 3.95. The van der Waals surface area contributed by atoms with E-state index in [1.807, 2.05) is 30.3 Å². The van der Waals surface area contributed by atoms with Crippen LogP contribution in [-0.4, -0.2) is 11.6 Å². The van der Waals surface area contributed by atoms with E-state index < -0.39 is 0 Å². The first-order valence-corrected chi connectivity index (χ1v) is 6.07. The minimum Gasteiger partial charge on any atom is -0.376 e. The molecule has 2 nitrogen and oxygen atoms in total. The van der Waals surface area contributed by atoms with Crippen LogP contribution in [0.4, 0.5) is 4.39 Å². The molecule has 0 radical (unpaired) electrons. The van der Waals surface area contributed by atoms with E-state index in [1.165, 1.54) is 6.07 Å². The second-order valence-electron chi connectivity index (χ2n) is 3.95. The van der Waals surface area contributed by atoms with E-state index in [4.69, 9.17) is 4.74 Å². The molecule has 0 saturated heterocycles. The van der Waals surface area contributed by atoms with Gasteiger partial charge in [0, 0.05) is 6.42 Å². The average Bonchev–Trinajstić information content (AvgIpc) is 2.46. The first-order chi connectivity index (χ1) is 9.34. The van der Waals surface area contributed by atoms with Crippen LogP contribution in [-0.2, 0) is 11.3 Å². The Kier molecular flexibility index (Phi) is 5.09. The molecule has 0 aliphatic heterocycles. The standard InChI is InChI=1S/C16H14FNO/c17-15-9-10-16(18-12-15)8-4-5-11-19-13-14-6-2-1-3-7-14/h1-3,6-7,9-10,12H,5,11,13H2. The lowest BCUT2D eigenvalue weighted by Gasteiger charge is -2.01. The Morgan fingerprint density at radius 1 is 1.11 bits per heavy atom. The smallest absolute Gasteiger partial charge is 0.141 e. The van der Waals surface area contributed by atoms with Crippen molar-refractivity contribution in [3.8, 4) is 11.8 Å². The van der Waals surface area contributed by atoms with Crippen LogP contribution in [0.5, 0.6) is 0 Å². The van der Waals surface area contributed by atoms with Gasteiger partial charge in [0.05, 0.1) is 19.4 Å². The topological polar surface area (TPSA) is 22.1 Å². The van der Waals surface area contributed by atoms with Crippen molar-refractivity contribution in [1.82, 2.24) is 4.98 Å². The molecule has 96 valence electrons. The molecule has 19 heavy (non-hydrogen) atoms. The molecule has 0 aliphatic rings. The highest BCUT2D eigenvalue weighted by molar-refractivity contribution is 5.26. The van der Waals surface area contributed by atoms with Gasteiger partial charge in [0.2, 0.25) is 0 Å². The largest absolute Gasteiger partial charge is 0.376 e. The van der Waals surface area contributed by atoms with Gasteiger partial charge >= 0.3 is 0 Å². The summed E-state index contributed by atoms with van der Waals surface area (Å²) in [5.41, 5.74) is 1.72. The van der Waals surface area contributed by atoms with Crippen LogP contribution >= 0.6 is 0 Å². The highest BCUT2D eigenvalue weighted by atomic mass is 19.1. The number of halogens is 1. The Morgan fingerprint density at radius 3 is 2.68 bits per heavy atom. The number of ether oxygens (including phenoxy) is 1. The predicted molar refractivity (Wildman–Crippen MR) is 71.8 cm³/mol. The number of pyridine rings is 1.